The normalized spacial score (nSPS) is 23.1. The van der Waals surface area contributed by atoms with Gasteiger partial charge in [0, 0.05) is 19.1 Å². The predicted octanol–water partition coefficient (Wildman–Crippen LogP) is 0.306. The summed E-state index contributed by atoms with van der Waals surface area (Å²) in [5.74, 6) is 0. The highest BCUT2D eigenvalue weighted by atomic mass is 35.5. The maximum Gasteiger partial charge on any atom is 0.228 e. The third kappa shape index (κ3) is 5.00. The molecule has 108 valence electrons. The summed E-state index contributed by atoms with van der Waals surface area (Å²) in [5.41, 5.74) is 0. The number of nitrogens with zero attached hydrogens (tertiary/aromatic N) is 1. The second kappa shape index (κ2) is 6.51. The Hall–Kier alpha value is 0.110. The van der Waals surface area contributed by atoms with Gasteiger partial charge in [0.05, 0.1) is 6.26 Å². The van der Waals surface area contributed by atoms with Gasteiger partial charge in [-0.25, -0.2) is 21.6 Å². The highest BCUT2D eigenvalue weighted by Gasteiger charge is 2.31. The highest BCUT2D eigenvalue weighted by molar-refractivity contribution is 7.90. The zero-order valence-corrected chi connectivity index (χ0v) is 12.7. The number of rotatable bonds is 6. The van der Waals surface area contributed by atoms with Crippen molar-refractivity contribution >= 4 is 31.6 Å². The lowest BCUT2D eigenvalue weighted by molar-refractivity contribution is 0.243. The van der Waals surface area contributed by atoms with Gasteiger partial charge in [0.2, 0.25) is 20.0 Å². The Morgan fingerprint density at radius 3 is 2.50 bits per heavy atom. The lowest BCUT2D eigenvalue weighted by Gasteiger charge is -2.34. The smallest absolute Gasteiger partial charge is 0.215 e. The second-order valence-electron chi connectivity index (χ2n) is 4.44. The van der Waals surface area contributed by atoms with Crippen LogP contribution in [-0.4, -0.2) is 51.7 Å². The second-order valence-corrected chi connectivity index (χ2v) is 8.78. The van der Waals surface area contributed by atoms with E-state index >= 15 is 0 Å². The largest absolute Gasteiger partial charge is 0.228 e. The van der Waals surface area contributed by atoms with Gasteiger partial charge in [0.15, 0.2) is 0 Å². The molecule has 0 radical (unpaired) electrons. The first-order chi connectivity index (χ1) is 8.26. The molecule has 0 aromatic carbocycles. The van der Waals surface area contributed by atoms with Crippen LogP contribution in [0.3, 0.4) is 0 Å². The molecule has 1 aliphatic heterocycles. The first kappa shape index (κ1) is 16.2. The van der Waals surface area contributed by atoms with E-state index in [-0.39, 0.29) is 12.6 Å². The number of halogens is 1. The SMILES string of the molecule is CS(=O)(=O)NCCC1CCCCN1S(=O)(=O)CCl. The molecule has 0 amide bonds. The van der Waals surface area contributed by atoms with Gasteiger partial charge in [0.1, 0.15) is 5.21 Å². The van der Waals surface area contributed by atoms with Gasteiger partial charge in [-0.15, -0.1) is 11.6 Å². The summed E-state index contributed by atoms with van der Waals surface area (Å²) in [6, 6.07) is -0.156. The molecule has 0 bridgehead atoms. The first-order valence-electron chi connectivity index (χ1n) is 5.76. The fraction of sp³-hybridized carbons (Fsp3) is 1.00. The van der Waals surface area contributed by atoms with E-state index in [1.165, 1.54) is 4.31 Å². The molecule has 1 aliphatic rings. The Bertz CT molecular complexity index is 463. The van der Waals surface area contributed by atoms with Crippen LogP contribution in [0.2, 0.25) is 0 Å². The average Bonchev–Trinajstić information content (AvgIpc) is 2.28. The van der Waals surface area contributed by atoms with E-state index in [1.807, 2.05) is 0 Å². The van der Waals surface area contributed by atoms with E-state index in [0.29, 0.717) is 13.0 Å². The highest BCUT2D eigenvalue weighted by Crippen LogP contribution is 2.23. The summed E-state index contributed by atoms with van der Waals surface area (Å²) in [4.78, 5) is 0. The molecule has 0 aromatic heterocycles. The van der Waals surface area contributed by atoms with E-state index in [1.54, 1.807) is 0 Å². The molecule has 1 unspecified atom stereocenters. The van der Waals surface area contributed by atoms with Crippen LogP contribution in [0.4, 0.5) is 0 Å². The first-order valence-corrected chi connectivity index (χ1v) is 9.80. The lowest BCUT2D eigenvalue weighted by atomic mass is 10.0. The van der Waals surface area contributed by atoms with Gasteiger partial charge in [-0.05, 0) is 19.3 Å². The number of sulfonamides is 2. The van der Waals surface area contributed by atoms with Gasteiger partial charge in [-0.2, -0.15) is 4.31 Å². The van der Waals surface area contributed by atoms with Crippen molar-refractivity contribution in [1.82, 2.24) is 9.03 Å². The number of piperidine rings is 1. The zero-order valence-electron chi connectivity index (χ0n) is 10.3. The summed E-state index contributed by atoms with van der Waals surface area (Å²) < 4.78 is 49.2. The van der Waals surface area contributed by atoms with Crippen molar-refractivity contribution in [2.24, 2.45) is 0 Å². The van der Waals surface area contributed by atoms with Crippen LogP contribution in [0.25, 0.3) is 0 Å². The molecule has 1 fully saturated rings. The van der Waals surface area contributed by atoms with Crippen molar-refractivity contribution in [2.75, 3.05) is 24.6 Å². The van der Waals surface area contributed by atoms with Crippen molar-refractivity contribution in [3.63, 3.8) is 0 Å². The molecule has 1 saturated heterocycles. The van der Waals surface area contributed by atoms with E-state index in [9.17, 15) is 16.8 Å². The van der Waals surface area contributed by atoms with Crippen LogP contribution in [0.5, 0.6) is 0 Å². The fourth-order valence-electron chi connectivity index (χ4n) is 2.10. The summed E-state index contributed by atoms with van der Waals surface area (Å²) >= 11 is 5.46. The Labute approximate surface area is 114 Å². The average molecular weight is 319 g/mol. The van der Waals surface area contributed by atoms with Crippen LogP contribution in [0.15, 0.2) is 0 Å². The summed E-state index contributed by atoms with van der Waals surface area (Å²) in [5, 5.41) is -0.428. The summed E-state index contributed by atoms with van der Waals surface area (Å²) in [6.45, 7) is 0.719. The Kier molecular flexibility index (Phi) is 5.85. The number of hydrogen-bond acceptors (Lipinski definition) is 4. The van der Waals surface area contributed by atoms with Crippen molar-refractivity contribution in [3.05, 3.63) is 0 Å². The lowest BCUT2D eigenvalue weighted by Crippen LogP contribution is -2.45. The molecule has 0 aliphatic carbocycles. The molecule has 1 heterocycles. The monoisotopic (exact) mass is 318 g/mol. The number of alkyl halides is 1. The molecule has 0 aromatic rings. The van der Waals surface area contributed by atoms with Crippen LogP contribution >= 0.6 is 11.6 Å². The number of nitrogens with one attached hydrogen (secondary N) is 1. The predicted molar refractivity (Wildman–Crippen MR) is 71.4 cm³/mol. The van der Waals surface area contributed by atoms with E-state index in [4.69, 9.17) is 11.6 Å². The standard InChI is InChI=1S/C9H19ClN2O4S2/c1-17(13,14)11-6-5-9-4-2-3-7-12(9)18(15,16)8-10/h9,11H,2-8H2,1H3. The van der Waals surface area contributed by atoms with Crippen molar-refractivity contribution in [2.45, 2.75) is 31.7 Å². The van der Waals surface area contributed by atoms with Crippen molar-refractivity contribution in [1.29, 1.82) is 0 Å². The molecule has 0 spiro atoms. The van der Waals surface area contributed by atoms with Gasteiger partial charge >= 0.3 is 0 Å². The van der Waals surface area contributed by atoms with Gasteiger partial charge < -0.3 is 0 Å². The van der Waals surface area contributed by atoms with Gasteiger partial charge in [-0.3, -0.25) is 0 Å². The third-order valence-corrected chi connectivity index (χ3v) is 5.94. The summed E-state index contributed by atoms with van der Waals surface area (Å²) in [7, 11) is -6.64. The molecule has 6 nitrogen and oxygen atoms in total. The molecule has 1 atom stereocenters. The topological polar surface area (TPSA) is 83.6 Å². The maximum absolute atomic E-state index is 11.8. The van der Waals surface area contributed by atoms with E-state index in [0.717, 1.165) is 25.5 Å². The van der Waals surface area contributed by atoms with E-state index < -0.39 is 25.3 Å². The molecular formula is C9H19ClN2O4S2. The van der Waals surface area contributed by atoms with Gasteiger partial charge in [0.25, 0.3) is 0 Å². The van der Waals surface area contributed by atoms with Gasteiger partial charge in [-0.1, -0.05) is 6.42 Å². The van der Waals surface area contributed by atoms with Crippen LogP contribution in [0, 0.1) is 0 Å². The Balaban J connectivity index is 2.61. The molecule has 9 heteroatoms. The van der Waals surface area contributed by atoms with Crippen LogP contribution in [0.1, 0.15) is 25.7 Å². The maximum atomic E-state index is 11.8. The minimum atomic E-state index is -3.41. The van der Waals surface area contributed by atoms with E-state index in [2.05, 4.69) is 4.72 Å². The molecule has 1 rings (SSSR count). The molecule has 0 saturated carbocycles. The van der Waals surface area contributed by atoms with Crippen LogP contribution < -0.4 is 4.72 Å². The minimum Gasteiger partial charge on any atom is -0.215 e. The zero-order chi connectivity index (χ0) is 13.8. The third-order valence-electron chi connectivity index (χ3n) is 2.91. The van der Waals surface area contributed by atoms with Crippen molar-refractivity contribution in [3.8, 4) is 0 Å². The minimum absolute atomic E-state index is 0.156. The molecule has 18 heavy (non-hydrogen) atoms. The summed E-state index contributed by atoms with van der Waals surface area (Å²) in [6.07, 6.45) is 4.09. The Morgan fingerprint density at radius 1 is 1.28 bits per heavy atom. The van der Waals surface area contributed by atoms with Crippen molar-refractivity contribution < 1.29 is 16.8 Å². The molecular weight excluding hydrogens is 300 g/mol. The fourth-order valence-corrected chi connectivity index (χ4v) is 4.16. The van der Waals surface area contributed by atoms with Crippen LogP contribution in [-0.2, 0) is 20.0 Å². The Morgan fingerprint density at radius 2 is 1.94 bits per heavy atom. The molecule has 1 N–H and O–H groups in total. The quantitative estimate of drug-likeness (QED) is 0.714. The number of hydrogen-bond donors (Lipinski definition) is 1.